The lowest BCUT2D eigenvalue weighted by Crippen LogP contribution is -2.22. The van der Waals surface area contributed by atoms with Crippen molar-refractivity contribution in [1.82, 2.24) is 0 Å². The van der Waals surface area contributed by atoms with Crippen molar-refractivity contribution in [3.05, 3.63) is 34.9 Å². The van der Waals surface area contributed by atoms with Crippen LogP contribution >= 0.6 is 0 Å². The largest absolute Gasteiger partial charge is 0.479 e. The van der Waals surface area contributed by atoms with Crippen molar-refractivity contribution in [2.24, 2.45) is 0 Å². The number of aliphatic carboxylic acids is 2. The Hall–Kier alpha value is -2.00. The van der Waals surface area contributed by atoms with Crippen LogP contribution in [-0.2, 0) is 25.7 Å². The minimum Gasteiger partial charge on any atom is -0.479 e. The molecule has 0 aromatic heterocycles. The molecule has 0 bridgehead atoms. The van der Waals surface area contributed by atoms with E-state index in [0.717, 1.165) is 25.3 Å². The predicted octanol–water partition coefficient (Wildman–Crippen LogP) is 0.966. The van der Waals surface area contributed by atoms with Gasteiger partial charge in [-0.15, -0.1) is 0 Å². The monoisotopic (exact) mass is 340 g/mol. The Morgan fingerprint density at radius 2 is 1.67 bits per heavy atom. The van der Waals surface area contributed by atoms with E-state index in [0.29, 0.717) is 12.2 Å². The number of carboxylic acids is 2. The third kappa shape index (κ3) is 4.75. The Kier molecular flexibility index (Phi) is 6.27. The molecule has 24 heavy (non-hydrogen) atoms. The highest BCUT2D eigenvalue weighted by molar-refractivity contribution is 5.76. The van der Waals surface area contributed by atoms with Gasteiger partial charge in [-0.05, 0) is 42.0 Å². The van der Waals surface area contributed by atoms with E-state index in [9.17, 15) is 19.8 Å². The Bertz CT molecular complexity index is 555. The van der Waals surface area contributed by atoms with E-state index in [-0.39, 0.29) is 24.0 Å². The Labute approximate surface area is 138 Å². The van der Waals surface area contributed by atoms with Gasteiger partial charge in [-0.2, -0.15) is 0 Å². The zero-order valence-corrected chi connectivity index (χ0v) is 12.9. The summed E-state index contributed by atoms with van der Waals surface area (Å²) < 4.78 is 11.0. The highest BCUT2D eigenvalue weighted by Crippen LogP contribution is 2.24. The van der Waals surface area contributed by atoms with Crippen LogP contribution in [-0.4, -0.2) is 45.3 Å². The maximum absolute atomic E-state index is 11.0. The highest BCUT2D eigenvalue weighted by Gasteiger charge is 2.22. The Balaban J connectivity index is 2.21. The molecule has 3 unspecified atom stereocenters. The van der Waals surface area contributed by atoms with Gasteiger partial charge in [0.15, 0.2) is 18.5 Å². The fourth-order valence-electron chi connectivity index (χ4n) is 2.46. The smallest absolute Gasteiger partial charge is 0.337 e. The van der Waals surface area contributed by atoms with Crippen molar-refractivity contribution in [2.75, 3.05) is 6.61 Å². The minimum absolute atomic E-state index is 0.0246. The van der Waals surface area contributed by atoms with Crippen LogP contribution in [0, 0.1) is 0 Å². The van der Waals surface area contributed by atoms with Crippen molar-refractivity contribution in [3.63, 3.8) is 0 Å². The quantitative estimate of drug-likeness (QED) is 0.577. The molecule has 0 aliphatic carbocycles. The molecule has 8 nitrogen and oxygen atoms in total. The number of aliphatic hydroxyl groups is 2. The molecule has 1 aliphatic rings. The molecular weight excluding hydrogens is 320 g/mol. The molecule has 1 heterocycles. The molecule has 1 aromatic rings. The van der Waals surface area contributed by atoms with Crippen molar-refractivity contribution >= 4 is 11.9 Å². The van der Waals surface area contributed by atoms with Crippen LogP contribution in [0.1, 0.15) is 48.2 Å². The van der Waals surface area contributed by atoms with E-state index in [2.05, 4.69) is 0 Å². The predicted molar refractivity (Wildman–Crippen MR) is 80.0 cm³/mol. The minimum atomic E-state index is -1.82. The average molecular weight is 340 g/mol. The van der Waals surface area contributed by atoms with Gasteiger partial charge in [-0.3, -0.25) is 0 Å². The highest BCUT2D eigenvalue weighted by atomic mass is 16.7. The number of hydrogen-bond acceptors (Lipinski definition) is 6. The summed E-state index contributed by atoms with van der Waals surface area (Å²) in [5.41, 5.74) is 0.393. The lowest BCUT2D eigenvalue weighted by Gasteiger charge is -2.23. The molecule has 1 aliphatic heterocycles. The summed E-state index contributed by atoms with van der Waals surface area (Å²) in [6, 6.07) is 3.96. The first-order chi connectivity index (χ1) is 11.4. The van der Waals surface area contributed by atoms with Gasteiger partial charge in [0.1, 0.15) is 0 Å². The van der Waals surface area contributed by atoms with Crippen LogP contribution in [0.3, 0.4) is 0 Å². The van der Waals surface area contributed by atoms with E-state index in [1.165, 1.54) is 12.1 Å². The lowest BCUT2D eigenvalue weighted by molar-refractivity contribution is -0.169. The first-order valence-corrected chi connectivity index (χ1v) is 7.57. The van der Waals surface area contributed by atoms with Crippen LogP contribution in [0.4, 0.5) is 0 Å². The van der Waals surface area contributed by atoms with Crippen LogP contribution < -0.4 is 0 Å². The molecule has 0 radical (unpaired) electrons. The number of carboxylic acid groups (broad SMARTS) is 2. The van der Waals surface area contributed by atoms with Gasteiger partial charge in [-0.1, -0.05) is 12.1 Å². The molecule has 132 valence electrons. The van der Waals surface area contributed by atoms with Crippen molar-refractivity contribution in [1.29, 1.82) is 0 Å². The second-order valence-corrected chi connectivity index (χ2v) is 5.60. The van der Waals surface area contributed by atoms with E-state index < -0.39 is 24.1 Å². The average Bonchev–Trinajstić information content (AvgIpc) is 2.59. The molecule has 3 atom stereocenters. The van der Waals surface area contributed by atoms with E-state index in [1.807, 2.05) is 0 Å². The summed E-state index contributed by atoms with van der Waals surface area (Å²) in [6.07, 6.45) is -1.34. The molecule has 0 saturated carbocycles. The topological polar surface area (TPSA) is 134 Å². The fourth-order valence-corrected chi connectivity index (χ4v) is 2.46. The summed E-state index contributed by atoms with van der Waals surface area (Å²) in [6.45, 7) is 0.648. The summed E-state index contributed by atoms with van der Waals surface area (Å²) in [5, 5.41) is 37.2. The normalized spacial score (nSPS) is 20.3. The first-order valence-electron chi connectivity index (χ1n) is 7.57. The molecule has 2 rings (SSSR count). The van der Waals surface area contributed by atoms with Crippen molar-refractivity contribution in [3.8, 4) is 0 Å². The number of rotatable bonds is 7. The van der Waals surface area contributed by atoms with Gasteiger partial charge in [0.05, 0.1) is 6.61 Å². The number of hydrogen-bond donors (Lipinski definition) is 4. The van der Waals surface area contributed by atoms with Gasteiger partial charge in [0, 0.05) is 6.61 Å². The molecule has 8 heteroatoms. The summed E-state index contributed by atoms with van der Waals surface area (Å²) in [4.78, 5) is 21.9. The van der Waals surface area contributed by atoms with Gasteiger partial charge in [-0.25, -0.2) is 9.59 Å². The van der Waals surface area contributed by atoms with Gasteiger partial charge < -0.3 is 29.9 Å². The molecule has 1 fully saturated rings. The number of benzene rings is 1. The van der Waals surface area contributed by atoms with Crippen LogP contribution in [0.2, 0.25) is 0 Å². The second-order valence-electron chi connectivity index (χ2n) is 5.60. The maximum atomic E-state index is 11.0. The number of ether oxygens (including phenoxy) is 2. The second kappa shape index (κ2) is 8.20. The first kappa shape index (κ1) is 18.3. The van der Waals surface area contributed by atoms with Crippen LogP contribution in [0.25, 0.3) is 0 Å². The fraction of sp³-hybridized carbons (Fsp3) is 0.500. The third-order valence-electron chi connectivity index (χ3n) is 3.71. The SMILES string of the molecule is O=C(O)C(O)c1cc(COC2CCCCO2)cc(C(O)C(=O)O)c1. The third-order valence-corrected chi connectivity index (χ3v) is 3.71. The number of carbonyl (C=O) groups is 2. The van der Waals surface area contributed by atoms with Crippen molar-refractivity contribution < 1.29 is 39.5 Å². The van der Waals surface area contributed by atoms with Gasteiger partial charge in [0.2, 0.25) is 0 Å². The zero-order chi connectivity index (χ0) is 17.7. The number of aliphatic hydroxyl groups excluding tert-OH is 2. The molecule has 0 amide bonds. The summed E-state index contributed by atoms with van der Waals surface area (Å²) >= 11 is 0. The van der Waals surface area contributed by atoms with E-state index >= 15 is 0 Å². The van der Waals surface area contributed by atoms with Crippen molar-refractivity contribution in [2.45, 2.75) is 44.4 Å². The maximum Gasteiger partial charge on any atom is 0.337 e. The van der Waals surface area contributed by atoms with E-state index in [4.69, 9.17) is 19.7 Å². The molecule has 1 saturated heterocycles. The van der Waals surface area contributed by atoms with Crippen LogP contribution in [0.5, 0.6) is 0 Å². The molecule has 1 aromatic carbocycles. The van der Waals surface area contributed by atoms with Gasteiger partial charge in [0.25, 0.3) is 0 Å². The molecule has 0 spiro atoms. The summed E-state index contributed by atoms with van der Waals surface area (Å²) in [5.74, 6) is -2.95. The van der Waals surface area contributed by atoms with Gasteiger partial charge >= 0.3 is 11.9 Å². The van der Waals surface area contributed by atoms with E-state index in [1.54, 1.807) is 0 Å². The molecular formula is C16H20O8. The Morgan fingerprint density at radius 1 is 1.08 bits per heavy atom. The van der Waals surface area contributed by atoms with Crippen LogP contribution in [0.15, 0.2) is 18.2 Å². The zero-order valence-electron chi connectivity index (χ0n) is 12.9. The summed E-state index contributed by atoms with van der Waals surface area (Å²) in [7, 11) is 0. The Morgan fingerprint density at radius 3 is 2.12 bits per heavy atom. The standard InChI is InChI=1S/C16H20O8/c17-13(15(19)20)10-5-9(6-11(7-10)14(18)16(21)22)8-24-12-3-1-2-4-23-12/h5-7,12-14,17-18H,1-4,8H2,(H,19,20)(H,21,22). The molecule has 4 N–H and O–H groups in total. The lowest BCUT2D eigenvalue weighted by atomic mass is 9.99.